The van der Waals surface area contributed by atoms with Crippen molar-refractivity contribution >= 4 is 12.1 Å². The largest absolute Gasteiger partial charge is 0.444 e. The van der Waals surface area contributed by atoms with Gasteiger partial charge in [-0.05, 0) is 53.5 Å². The third-order valence-electron chi connectivity index (χ3n) is 4.66. The van der Waals surface area contributed by atoms with Crippen molar-refractivity contribution in [3.05, 3.63) is 0 Å². The molecule has 0 aromatic carbocycles. The zero-order valence-corrected chi connectivity index (χ0v) is 17.2. The number of alkyl carbamates (subject to hydrolysis) is 1. The molecule has 1 saturated heterocycles. The van der Waals surface area contributed by atoms with Crippen LogP contribution < -0.4 is 10.6 Å². The minimum Gasteiger partial charge on any atom is -0.444 e. The zero-order chi connectivity index (χ0) is 19.2. The zero-order valence-electron chi connectivity index (χ0n) is 17.2. The molecule has 0 aromatic rings. The molecular formula is C19H37N5O2. The lowest BCUT2D eigenvalue weighted by atomic mass is 10.2. The molecule has 1 aliphatic heterocycles. The maximum absolute atomic E-state index is 12.0. The van der Waals surface area contributed by atoms with Gasteiger partial charge in [0.05, 0.1) is 12.6 Å². The first-order valence-electron chi connectivity index (χ1n) is 10.1. The molecule has 7 nitrogen and oxygen atoms in total. The number of guanidine groups is 1. The number of aliphatic imine (C=N–C) groups is 1. The number of likely N-dealkylation sites (tertiary alicyclic amines) is 1. The number of likely N-dealkylation sites (N-methyl/N-ethyl adjacent to an activating group) is 1. The maximum Gasteiger partial charge on any atom is 0.407 e. The van der Waals surface area contributed by atoms with Gasteiger partial charge >= 0.3 is 6.09 Å². The summed E-state index contributed by atoms with van der Waals surface area (Å²) in [4.78, 5) is 21.5. The first-order chi connectivity index (χ1) is 12.3. The topological polar surface area (TPSA) is 69.2 Å². The van der Waals surface area contributed by atoms with Crippen molar-refractivity contribution in [3.8, 4) is 0 Å². The number of nitrogens with one attached hydrogen (secondary N) is 2. The van der Waals surface area contributed by atoms with Gasteiger partial charge in [-0.25, -0.2) is 4.79 Å². The highest BCUT2D eigenvalue weighted by molar-refractivity contribution is 5.80. The fourth-order valence-electron chi connectivity index (χ4n) is 3.29. The lowest BCUT2D eigenvalue weighted by Crippen LogP contribution is -2.44. The molecule has 150 valence electrons. The number of ether oxygens (including phenoxy) is 1. The fraction of sp³-hybridized carbons (Fsp3) is 0.895. The quantitative estimate of drug-likeness (QED) is 0.532. The second-order valence-electron chi connectivity index (χ2n) is 8.17. The van der Waals surface area contributed by atoms with E-state index in [0.29, 0.717) is 0 Å². The number of nitrogens with zero attached hydrogens (tertiary/aromatic N) is 3. The van der Waals surface area contributed by atoms with E-state index in [-0.39, 0.29) is 12.1 Å². The Morgan fingerprint density at radius 3 is 2.58 bits per heavy atom. The standard InChI is InChI=1S/C19H37N5O2/c1-6-20-17(21-11-13-23(7-2)16-8-9-16)24-12-10-15(14-24)22-18(25)26-19(3,4)5/h15-16H,6-14H2,1-5H3,(H,20,21)(H,22,25). The number of carbonyl (C=O) groups is 1. The van der Waals surface area contributed by atoms with Gasteiger partial charge in [0.1, 0.15) is 5.60 Å². The van der Waals surface area contributed by atoms with E-state index in [1.807, 2.05) is 20.8 Å². The van der Waals surface area contributed by atoms with E-state index in [1.54, 1.807) is 0 Å². The number of hydrogen-bond acceptors (Lipinski definition) is 4. The second-order valence-corrected chi connectivity index (χ2v) is 8.17. The number of hydrogen-bond donors (Lipinski definition) is 2. The first-order valence-corrected chi connectivity index (χ1v) is 10.1. The molecule has 1 saturated carbocycles. The van der Waals surface area contributed by atoms with Crippen LogP contribution >= 0.6 is 0 Å². The lowest BCUT2D eigenvalue weighted by molar-refractivity contribution is 0.0507. The van der Waals surface area contributed by atoms with Crippen LogP contribution in [0.5, 0.6) is 0 Å². The van der Waals surface area contributed by atoms with Gasteiger partial charge in [-0.3, -0.25) is 9.89 Å². The average molecular weight is 368 g/mol. The summed E-state index contributed by atoms with van der Waals surface area (Å²) in [5.74, 6) is 0.952. The molecule has 2 rings (SSSR count). The molecule has 1 amide bonds. The molecule has 2 N–H and O–H groups in total. The number of amides is 1. The number of carbonyl (C=O) groups excluding carboxylic acids is 1. The third kappa shape index (κ3) is 7.02. The van der Waals surface area contributed by atoms with Gasteiger partial charge < -0.3 is 20.3 Å². The molecule has 26 heavy (non-hydrogen) atoms. The normalized spacial score (nSPS) is 21.2. The minimum atomic E-state index is -0.467. The van der Waals surface area contributed by atoms with Crippen LogP contribution in [0.3, 0.4) is 0 Å². The predicted octanol–water partition coefficient (Wildman–Crippen LogP) is 2.04. The van der Waals surface area contributed by atoms with Crippen LogP contribution in [0.25, 0.3) is 0 Å². The van der Waals surface area contributed by atoms with E-state index < -0.39 is 5.60 Å². The van der Waals surface area contributed by atoms with E-state index in [2.05, 4.69) is 34.3 Å². The highest BCUT2D eigenvalue weighted by atomic mass is 16.6. The molecule has 0 bridgehead atoms. The van der Waals surface area contributed by atoms with Crippen LogP contribution in [0, 0.1) is 0 Å². The van der Waals surface area contributed by atoms with Crippen LogP contribution in [0.2, 0.25) is 0 Å². The summed E-state index contributed by atoms with van der Waals surface area (Å²) < 4.78 is 5.35. The summed E-state index contributed by atoms with van der Waals surface area (Å²) in [5.41, 5.74) is -0.467. The van der Waals surface area contributed by atoms with E-state index in [0.717, 1.165) is 57.7 Å². The van der Waals surface area contributed by atoms with Gasteiger partial charge in [0.25, 0.3) is 0 Å². The van der Waals surface area contributed by atoms with E-state index in [9.17, 15) is 4.79 Å². The van der Waals surface area contributed by atoms with Crippen molar-refractivity contribution < 1.29 is 9.53 Å². The Hall–Kier alpha value is -1.50. The van der Waals surface area contributed by atoms with Gasteiger partial charge in [0.2, 0.25) is 0 Å². The molecule has 1 heterocycles. The summed E-state index contributed by atoms with van der Waals surface area (Å²) in [5, 5.41) is 6.36. The number of rotatable bonds is 7. The molecule has 0 aromatic heterocycles. The van der Waals surface area contributed by atoms with Crippen LogP contribution in [0.15, 0.2) is 4.99 Å². The summed E-state index contributed by atoms with van der Waals surface area (Å²) in [6, 6.07) is 0.888. The third-order valence-corrected chi connectivity index (χ3v) is 4.66. The van der Waals surface area contributed by atoms with Gasteiger partial charge in [0.15, 0.2) is 5.96 Å². The molecule has 1 unspecified atom stereocenters. The Bertz CT molecular complexity index is 485. The Kier molecular flexibility index (Phi) is 7.55. The van der Waals surface area contributed by atoms with Crippen LogP contribution in [0.4, 0.5) is 4.79 Å². The Labute approximate surface area is 158 Å². The van der Waals surface area contributed by atoms with Crippen LogP contribution in [-0.4, -0.2) is 78.8 Å². The smallest absolute Gasteiger partial charge is 0.407 e. The van der Waals surface area contributed by atoms with Crippen LogP contribution in [-0.2, 0) is 4.74 Å². The Morgan fingerprint density at radius 2 is 2.00 bits per heavy atom. The molecule has 0 radical (unpaired) electrons. The highest BCUT2D eigenvalue weighted by Crippen LogP contribution is 2.26. The Morgan fingerprint density at radius 1 is 1.27 bits per heavy atom. The van der Waals surface area contributed by atoms with Gasteiger partial charge in [-0.15, -0.1) is 0 Å². The summed E-state index contributed by atoms with van der Waals surface area (Å²) in [7, 11) is 0. The SMILES string of the molecule is CCNC(=NCCN(CC)C1CC1)N1CCC(NC(=O)OC(C)(C)C)C1. The Balaban J connectivity index is 1.81. The summed E-state index contributed by atoms with van der Waals surface area (Å²) in [6.07, 6.45) is 3.24. The van der Waals surface area contributed by atoms with Gasteiger partial charge in [-0.1, -0.05) is 6.92 Å². The van der Waals surface area contributed by atoms with E-state index in [4.69, 9.17) is 9.73 Å². The van der Waals surface area contributed by atoms with Crippen LogP contribution in [0.1, 0.15) is 53.9 Å². The van der Waals surface area contributed by atoms with Crippen molar-refractivity contribution in [2.75, 3.05) is 39.3 Å². The average Bonchev–Trinajstić information content (AvgIpc) is 3.28. The predicted molar refractivity (Wildman–Crippen MR) is 106 cm³/mol. The summed E-state index contributed by atoms with van der Waals surface area (Å²) >= 11 is 0. The second kappa shape index (κ2) is 9.44. The lowest BCUT2D eigenvalue weighted by Gasteiger charge is -2.24. The molecular weight excluding hydrogens is 330 g/mol. The molecule has 0 spiro atoms. The van der Waals surface area contributed by atoms with Crippen molar-refractivity contribution in [1.82, 2.24) is 20.4 Å². The molecule has 1 atom stereocenters. The van der Waals surface area contributed by atoms with Crippen molar-refractivity contribution in [2.24, 2.45) is 4.99 Å². The molecule has 7 heteroatoms. The van der Waals surface area contributed by atoms with Gasteiger partial charge in [-0.2, -0.15) is 0 Å². The summed E-state index contributed by atoms with van der Waals surface area (Å²) in [6.45, 7) is 15.4. The van der Waals surface area contributed by atoms with E-state index >= 15 is 0 Å². The first kappa shape index (κ1) is 20.8. The molecule has 2 fully saturated rings. The monoisotopic (exact) mass is 367 g/mol. The van der Waals surface area contributed by atoms with Gasteiger partial charge in [0, 0.05) is 32.2 Å². The minimum absolute atomic E-state index is 0.104. The van der Waals surface area contributed by atoms with Crippen molar-refractivity contribution in [2.45, 2.75) is 71.6 Å². The van der Waals surface area contributed by atoms with Crippen molar-refractivity contribution in [3.63, 3.8) is 0 Å². The fourth-order valence-corrected chi connectivity index (χ4v) is 3.29. The highest BCUT2D eigenvalue weighted by Gasteiger charge is 2.29. The van der Waals surface area contributed by atoms with Crippen molar-refractivity contribution in [1.29, 1.82) is 0 Å². The molecule has 1 aliphatic carbocycles. The maximum atomic E-state index is 12.0. The molecule has 2 aliphatic rings. The van der Waals surface area contributed by atoms with E-state index in [1.165, 1.54) is 12.8 Å².